The summed E-state index contributed by atoms with van der Waals surface area (Å²) in [6.45, 7) is 1.74. The first-order chi connectivity index (χ1) is 12.4. The molecule has 2 heterocycles. The molecule has 0 aliphatic heterocycles. The molecule has 0 spiro atoms. The van der Waals surface area contributed by atoms with Crippen molar-refractivity contribution in [2.24, 2.45) is 5.73 Å². The van der Waals surface area contributed by atoms with Crippen LogP contribution in [0.25, 0.3) is 11.3 Å². The van der Waals surface area contributed by atoms with Crippen molar-refractivity contribution in [2.75, 3.05) is 5.32 Å². The number of pyridine rings is 1. The van der Waals surface area contributed by atoms with Gasteiger partial charge in [0.15, 0.2) is 0 Å². The zero-order chi connectivity index (χ0) is 18.7. The van der Waals surface area contributed by atoms with E-state index in [-0.39, 0.29) is 12.5 Å². The molecule has 0 unspecified atom stereocenters. The molecular weight excluding hydrogens is 398 g/mol. The van der Waals surface area contributed by atoms with Gasteiger partial charge in [0.05, 0.1) is 28.8 Å². The van der Waals surface area contributed by atoms with Crippen LogP contribution < -0.4 is 11.1 Å². The van der Waals surface area contributed by atoms with E-state index in [0.717, 1.165) is 15.7 Å². The van der Waals surface area contributed by atoms with E-state index in [9.17, 15) is 9.59 Å². The van der Waals surface area contributed by atoms with Crippen LogP contribution in [0.15, 0.2) is 53.3 Å². The minimum atomic E-state index is -0.505. The summed E-state index contributed by atoms with van der Waals surface area (Å²) in [5.74, 6) is -0.802. The van der Waals surface area contributed by atoms with Crippen LogP contribution in [0.4, 0.5) is 5.69 Å². The molecule has 0 saturated carbocycles. The van der Waals surface area contributed by atoms with Crippen LogP contribution >= 0.6 is 15.9 Å². The van der Waals surface area contributed by atoms with Crippen molar-refractivity contribution in [1.82, 2.24) is 14.8 Å². The first kappa shape index (κ1) is 17.8. The summed E-state index contributed by atoms with van der Waals surface area (Å²) in [7, 11) is 0. The second-order valence-electron chi connectivity index (χ2n) is 5.69. The monoisotopic (exact) mass is 413 g/mol. The number of hydrogen-bond donors (Lipinski definition) is 2. The van der Waals surface area contributed by atoms with Gasteiger partial charge in [-0.2, -0.15) is 5.10 Å². The largest absolute Gasteiger partial charge is 0.368 e. The quantitative estimate of drug-likeness (QED) is 0.670. The van der Waals surface area contributed by atoms with E-state index in [1.165, 1.54) is 10.9 Å². The van der Waals surface area contributed by atoms with E-state index in [0.29, 0.717) is 16.9 Å². The van der Waals surface area contributed by atoms with E-state index in [1.807, 2.05) is 24.3 Å². The smallest absolute Gasteiger partial charge is 0.257 e. The van der Waals surface area contributed by atoms with Crippen molar-refractivity contribution in [2.45, 2.75) is 13.5 Å². The summed E-state index contributed by atoms with van der Waals surface area (Å²) in [4.78, 5) is 27.9. The van der Waals surface area contributed by atoms with Gasteiger partial charge in [0.2, 0.25) is 5.91 Å². The summed E-state index contributed by atoms with van der Waals surface area (Å²) < 4.78 is 2.32. The van der Waals surface area contributed by atoms with Crippen LogP contribution in [-0.2, 0) is 11.3 Å². The van der Waals surface area contributed by atoms with Gasteiger partial charge in [-0.05, 0) is 31.2 Å². The van der Waals surface area contributed by atoms with Crippen molar-refractivity contribution in [3.05, 3.63) is 64.5 Å². The van der Waals surface area contributed by atoms with Crippen molar-refractivity contribution < 1.29 is 9.59 Å². The Morgan fingerprint density at radius 2 is 2.08 bits per heavy atom. The molecule has 1 aromatic carbocycles. The molecule has 132 valence electrons. The fourth-order valence-corrected chi connectivity index (χ4v) is 2.88. The van der Waals surface area contributed by atoms with Gasteiger partial charge in [0.25, 0.3) is 5.91 Å². The Labute approximate surface area is 158 Å². The highest BCUT2D eigenvalue weighted by Gasteiger charge is 2.13. The number of amides is 2. The van der Waals surface area contributed by atoms with Crippen LogP contribution in [0.5, 0.6) is 0 Å². The molecule has 3 aromatic rings. The van der Waals surface area contributed by atoms with E-state index in [4.69, 9.17) is 5.73 Å². The van der Waals surface area contributed by atoms with Gasteiger partial charge in [-0.25, -0.2) is 0 Å². The lowest BCUT2D eigenvalue weighted by molar-refractivity contribution is -0.118. The lowest BCUT2D eigenvalue weighted by atomic mass is 10.1. The van der Waals surface area contributed by atoms with Crippen molar-refractivity contribution in [1.29, 1.82) is 0 Å². The molecular formula is C18H16BrN5O2. The maximum absolute atomic E-state index is 12.5. The number of aromatic nitrogens is 3. The zero-order valence-corrected chi connectivity index (χ0v) is 15.5. The number of benzene rings is 1. The molecule has 0 radical (unpaired) electrons. The first-order valence-corrected chi connectivity index (χ1v) is 8.57. The van der Waals surface area contributed by atoms with Crippen molar-refractivity contribution >= 4 is 33.4 Å². The van der Waals surface area contributed by atoms with E-state index in [1.54, 1.807) is 25.3 Å². The number of primary amides is 1. The minimum Gasteiger partial charge on any atom is -0.368 e. The van der Waals surface area contributed by atoms with Crippen LogP contribution in [0, 0.1) is 6.92 Å². The second-order valence-corrected chi connectivity index (χ2v) is 6.60. The van der Waals surface area contributed by atoms with Gasteiger partial charge >= 0.3 is 0 Å². The van der Waals surface area contributed by atoms with Crippen LogP contribution in [0.2, 0.25) is 0 Å². The molecule has 0 aliphatic carbocycles. The van der Waals surface area contributed by atoms with Crippen LogP contribution in [0.3, 0.4) is 0 Å². The number of aryl methyl sites for hydroxylation is 1. The summed E-state index contributed by atoms with van der Waals surface area (Å²) in [5.41, 5.74) is 8.42. The van der Waals surface area contributed by atoms with E-state index in [2.05, 4.69) is 31.3 Å². The SMILES string of the molecule is Cc1nc(-c2cccc(Br)c2)ccc1C(=O)Nc1cnn(CC(N)=O)c1. The average molecular weight is 414 g/mol. The average Bonchev–Trinajstić information content (AvgIpc) is 3.00. The number of nitrogens with one attached hydrogen (secondary N) is 1. The Morgan fingerprint density at radius 3 is 2.77 bits per heavy atom. The molecule has 2 aromatic heterocycles. The Kier molecular flexibility index (Phi) is 5.13. The van der Waals surface area contributed by atoms with E-state index < -0.39 is 5.91 Å². The highest BCUT2D eigenvalue weighted by Crippen LogP contribution is 2.23. The van der Waals surface area contributed by atoms with Gasteiger partial charge in [0, 0.05) is 16.2 Å². The topological polar surface area (TPSA) is 103 Å². The number of nitrogens with zero attached hydrogens (tertiary/aromatic N) is 3. The van der Waals surface area contributed by atoms with Crippen molar-refractivity contribution in [3.63, 3.8) is 0 Å². The minimum absolute atomic E-state index is 0.0439. The molecule has 0 aliphatic rings. The van der Waals surface area contributed by atoms with Crippen molar-refractivity contribution in [3.8, 4) is 11.3 Å². The third kappa shape index (κ3) is 4.15. The van der Waals surface area contributed by atoms with Gasteiger partial charge in [0.1, 0.15) is 6.54 Å². The summed E-state index contributed by atoms with van der Waals surface area (Å²) in [6.07, 6.45) is 3.00. The summed E-state index contributed by atoms with van der Waals surface area (Å²) in [6, 6.07) is 11.3. The number of halogens is 1. The fraction of sp³-hybridized carbons (Fsp3) is 0.111. The molecule has 0 atom stereocenters. The molecule has 0 saturated heterocycles. The standard InChI is InChI=1S/C18H16BrN5O2/c1-11-15(5-6-16(22-11)12-3-2-4-13(19)7-12)18(26)23-14-8-21-24(9-14)10-17(20)25/h2-9H,10H2,1H3,(H2,20,25)(H,23,26). The molecule has 0 fully saturated rings. The zero-order valence-electron chi connectivity index (χ0n) is 13.9. The fourth-order valence-electron chi connectivity index (χ4n) is 2.48. The molecule has 2 amide bonds. The first-order valence-electron chi connectivity index (χ1n) is 7.78. The lowest BCUT2D eigenvalue weighted by Gasteiger charge is -2.08. The number of carbonyl (C=O) groups excluding carboxylic acids is 2. The Morgan fingerprint density at radius 1 is 1.27 bits per heavy atom. The third-order valence-electron chi connectivity index (χ3n) is 3.66. The van der Waals surface area contributed by atoms with Gasteiger partial charge in [-0.1, -0.05) is 28.1 Å². The van der Waals surface area contributed by atoms with Gasteiger partial charge < -0.3 is 11.1 Å². The molecule has 26 heavy (non-hydrogen) atoms. The maximum atomic E-state index is 12.5. The number of nitrogens with two attached hydrogens (primary N) is 1. The molecule has 0 bridgehead atoms. The second kappa shape index (κ2) is 7.49. The third-order valence-corrected chi connectivity index (χ3v) is 4.15. The molecule has 7 nitrogen and oxygen atoms in total. The Balaban J connectivity index is 1.77. The molecule has 3 N–H and O–H groups in total. The number of carbonyl (C=O) groups is 2. The number of anilines is 1. The highest BCUT2D eigenvalue weighted by molar-refractivity contribution is 9.10. The predicted octanol–water partition coefficient (Wildman–Crippen LogP) is 2.75. The van der Waals surface area contributed by atoms with Crippen LogP contribution in [0.1, 0.15) is 16.1 Å². The molecule has 3 rings (SSSR count). The highest BCUT2D eigenvalue weighted by atomic mass is 79.9. The van der Waals surface area contributed by atoms with E-state index >= 15 is 0 Å². The Bertz CT molecular complexity index is 983. The predicted molar refractivity (Wildman–Crippen MR) is 101 cm³/mol. The molecule has 8 heteroatoms. The van der Waals surface area contributed by atoms with Gasteiger partial charge in [-0.15, -0.1) is 0 Å². The maximum Gasteiger partial charge on any atom is 0.257 e. The summed E-state index contributed by atoms with van der Waals surface area (Å²) >= 11 is 3.44. The number of hydrogen-bond acceptors (Lipinski definition) is 4. The lowest BCUT2D eigenvalue weighted by Crippen LogP contribution is -2.18. The van der Waals surface area contributed by atoms with Crippen LogP contribution in [-0.4, -0.2) is 26.6 Å². The van der Waals surface area contributed by atoms with Gasteiger partial charge in [-0.3, -0.25) is 19.3 Å². The summed E-state index contributed by atoms with van der Waals surface area (Å²) in [5, 5.41) is 6.71. The number of rotatable bonds is 5. The normalized spacial score (nSPS) is 10.5. The Hall–Kier alpha value is -3.00.